The van der Waals surface area contributed by atoms with Crippen LogP contribution in [0.2, 0.25) is 5.02 Å². The summed E-state index contributed by atoms with van der Waals surface area (Å²) in [5.41, 5.74) is 0.928. The van der Waals surface area contributed by atoms with Crippen molar-refractivity contribution in [2.45, 2.75) is 6.54 Å². The van der Waals surface area contributed by atoms with Crippen molar-refractivity contribution in [3.05, 3.63) is 63.1 Å². The van der Waals surface area contributed by atoms with Crippen LogP contribution in [0.4, 0.5) is 14.5 Å². The molecule has 0 heterocycles. The van der Waals surface area contributed by atoms with Gasteiger partial charge in [-0.1, -0.05) is 29.8 Å². The molecule has 0 atom stereocenters. The molecule has 2 rings (SSSR count). The van der Waals surface area contributed by atoms with Gasteiger partial charge in [0, 0.05) is 17.6 Å². The van der Waals surface area contributed by atoms with Gasteiger partial charge in [0.2, 0.25) is 0 Å². The number of hydrogen-bond acceptors (Lipinski definition) is 1. The van der Waals surface area contributed by atoms with E-state index >= 15 is 0 Å². The maximum Gasteiger partial charge on any atom is 0.147 e. The molecule has 0 fully saturated rings. The Morgan fingerprint density at radius 2 is 1.83 bits per heavy atom. The van der Waals surface area contributed by atoms with E-state index in [1.807, 2.05) is 18.2 Å². The quantitative estimate of drug-likeness (QED) is 0.781. The average molecular weight is 333 g/mol. The Labute approximate surface area is 117 Å². The van der Waals surface area contributed by atoms with E-state index in [0.29, 0.717) is 11.6 Å². The van der Waals surface area contributed by atoms with E-state index in [9.17, 15) is 8.78 Å². The molecule has 0 aliphatic heterocycles. The van der Waals surface area contributed by atoms with Crippen molar-refractivity contribution in [2.75, 3.05) is 5.32 Å². The van der Waals surface area contributed by atoms with Crippen molar-refractivity contribution in [3.63, 3.8) is 0 Å². The van der Waals surface area contributed by atoms with Crippen LogP contribution in [-0.4, -0.2) is 0 Å². The maximum absolute atomic E-state index is 13.5. The number of halogens is 4. The fourth-order valence-electron chi connectivity index (χ4n) is 1.49. The first-order valence-corrected chi connectivity index (χ1v) is 6.37. The normalized spacial score (nSPS) is 10.4. The lowest BCUT2D eigenvalue weighted by molar-refractivity contribution is 0.596. The average Bonchev–Trinajstić information content (AvgIpc) is 2.34. The van der Waals surface area contributed by atoms with E-state index in [1.54, 1.807) is 6.07 Å². The first-order valence-electron chi connectivity index (χ1n) is 5.20. The highest BCUT2D eigenvalue weighted by atomic mass is 79.9. The Kier molecular flexibility index (Phi) is 4.19. The summed E-state index contributed by atoms with van der Waals surface area (Å²) in [6, 6.07) is 9.41. The van der Waals surface area contributed by atoms with Crippen molar-refractivity contribution in [1.82, 2.24) is 0 Å². The molecule has 0 aliphatic rings. The fraction of sp³-hybridized carbons (Fsp3) is 0.0769. The van der Waals surface area contributed by atoms with Crippen LogP contribution < -0.4 is 5.32 Å². The Balaban J connectivity index is 2.16. The smallest absolute Gasteiger partial charge is 0.147 e. The lowest BCUT2D eigenvalue weighted by Gasteiger charge is -2.09. The zero-order valence-electron chi connectivity index (χ0n) is 9.18. The number of nitrogens with one attached hydrogen (secondary N) is 1. The van der Waals surface area contributed by atoms with Crippen molar-refractivity contribution < 1.29 is 8.78 Å². The van der Waals surface area contributed by atoms with Gasteiger partial charge in [0.05, 0.1) is 10.2 Å². The van der Waals surface area contributed by atoms with Gasteiger partial charge in [-0.05, 0) is 33.6 Å². The predicted octanol–water partition coefficient (Wildman–Crippen LogP) is 4.99. The van der Waals surface area contributed by atoms with E-state index < -0.39 is 11.6 Å². The molecule has 0 saturated heterocycles. The van der Waals surface area contributed by atoms with E-state index in [2.05, 4.69) is 21.2 Å². The van der Waals surface area contributed by atoms with Crippen molar-refractivity contribution in [3.8, 4) is 0 Å². The topological polar surface area (TPSA) is 12.0 Å². The highest BCUT2D eigenvalue weighted by Gasteiger charge is 2.08. The standard InChI is InChI=1S/C13H9BrClF2N/c14-9-5-12(17)13(6-11(9)16)18-7-8-3-1-2-4-10(8)15/h1-6,18H,7H2. The molecule has 0 aromatic heterocycles. The first-order chi connectivity index (χ1) is 8.58. The van der Waals surface area contributed by atoms with Crippen molar-refractivity contribution >= 4 is 33.2 Å². The molecule has 18 heavy (non-hydrogen) atoms. The molecule has 0 spiro atoms. The summed E-state index contributed by atoms with van der Waals surface area (Å²) in [7, 11) is 0. The van der Waals surface area contributed by atoms with E-state index in [1.165, 1.54) is 0 Å². The van der Waals surface area contributed by atoms with Crippen LogP contribution in [0.25, 0.3) is 0 Å². The molecule has 0 amide bonds. The van der Waals surface area contributed by atoms with Gasteiger partial charge in [-0.2, -0.15) is 0 Å². The van der Waals surface area contributed by atoms with Crippen molar-refractivity contribution in [2.24, 2.45) is 0 Å². The van der Waals surface area contributed by atoms with Gasteiger partial charge in [0.1, 0.15) is 11.6 Å². The predicted molar refractivity (Wildman–Crippen MR) is 72.8 cm³/mol. The molecule has 0 unspecified atom stereocenters. The minimum atomic E-state index is -0.518. The van der Waals surface area contributed by atoms with Crippen LogP contribution in [0.3, 0.4) is 0 Å². The van der Waals surface area contributed by atoms with Gasteiger partial charge >= 0.3 is 0 Å². The first kappa shape index (κ1) is 13.3. The molecule has 1 nitrogen and oxygen atoms in total. The monoisotopic (exact) mass is 331 g/mol. The van der Waals surface area contributed by atoms with Crippen LogP contribution in [0.1, 0.15) is 5.56 Å². The van der Waals surface area contributed by atoms with Gasteiger partial charge in [0.15, 0.2) is 0 Å². The third-order valence-corrected chi connectivity index (χ3v) is 3.41. The van der Waals surface area contributed by atoms with Gasteiger partial charge in [-0.25, -0.2) is 8.78 Å². The summed E-state index contributed by atoms with van der Waals surface area (Å²) in [6.45, 7) is 0.331. The number of benzene rings is 2. The number of anilines is 1. The van der Waals surface area contributed by atoms with Crippen molar-refractivity contribution in [1.29, 1.82) is 0 Å². The summed E-state index contributed by atoms with van der Waals surface area (Å²) in [5, 5.41) is 3.40. The lowest BCUT2D eigenvalue weighted by atomic mass is 10.2. The summed E-state index contributed by atoms with van der Waals surface area (Å²) in [6.07, 6.45) is 0. The second-order valence-corrected chi connectivity index (χ2v) is 4.95. The molecule has 5 heteroatoms. The largest absolute Gasteiger partial charge is 0.378 e. The molecular formula is C13H9BrClF2N. The Bertz CT molecular complexity index is 575. The third-order valence-electron chi connectivity index (χ3n) is 2.44. The third kappa shape index (κ3) is 3.00. The Hall–Kier alpha value is -1.13. The van der Waals surface area contributed by atoms with Crippen LogP contribution in [-0.2, 0) is 6.54 Å². The molecule has 0 radical (unpaired) electrons. The van der Waals surface area contributed by atoms with E-state index in [0.717, 1.165) is 17.7 Å². The molecule has 0 saturated carbocycles. The molecular weight excluding hydrogens is 324 g/mol. The zero-order valence-corrected chi connectivity index (χ0v) is 11.5. The molecule has 2 aromatic carbocycles. The van der Waals surface area contributed by atoms with E-state index in [-0.39, 0.29) is 10.2 Å². The summed E-state index contributed by atoms with van der Waals surface area (Å²) in [4.78, 5) is 0. The SMILES string of the molecule is Fc1cc(NCc2ccccc2Cl)c(F)cc1Br. The van der Waals surface area contributed by atoms with Gasteiger partial charge < -0.3 is 5.32 Å². The zero-order chi connectivity index (χ0) is 13.1. The van der Waals surface area contributed by atoms with Crippen LogP contribution in [0.15, 0.2) is 40.9 Å². The van der Waals surface area contributed by atoms with Gasteiger partial charge in [-0.3, -0.25) is 0 Å². The highest BCUT2D eigenvalue weighted by molar-refractivity contribution is 9.10. The Morgan fingerprint density at radius 1 is 1.11 bits per heavy atom. The molecule has 0 bridgehead atoms. The summed E-state index contributed by atoms with van der Waals surface area (Å²) >= 11 is 8.90. The van der Waals surface area contributed by atoms with Crippen LogP contribution >= 0.6 is 27.5 Å². The van der Waals surface area contributed by atoms with Gasteiger partial charge in [-0.15, -0.1) is 0 Å². The second kappa shape index (κ2) is 5.67. The molecule has 94 valence electrons. The number of rotatable bonds is 3. The minimum absolute atomic E-state index is 0.100. The molecule has 0 aliphatic carbocycles. The van der Waals surface area contributed by atoms with E-state index in [4.69, 9.17) is 11.6 Å². The molecule has 2 aromatic rings. The van der Waals surface area contributed by atoms with Crippen LogP contribution in [0.5, 0.6) is 0 Å². The van der Waals surface area contributed by atoms with Gasteiger partial charge in [0.25, 0.3) is 0 Å². The fourth-order valence-corrected chi connectivity index (χ4v) is 2.01. The van der Waals surface area contributed by atoms with Crippen LogP contribution in [0, 0.1) is 11.6 Å². The Morgan fingerprint density at radius 3 is 2.56 bits per heavy atom. The maximum atomic E-state index is 13.5. The minimum Gasteiger partial charge on any atom is -0.378 e. The number of hydrogen-bond donors (Lipinski definition) is 1. The molecule has 1 N–H and O–H groups in total. The summed E-state index contributed by atoms with van der Waals surface area (Å²) < 4.78 is 26.9. The second-order valence-electron chi connectivity index (χ2n) is 3.69. The summed E-state index contributed by atoms with van der Waals surface area (Å²) in [5.74, 6) is -1.03. The highest BCUT2D eigenvalue weighted by Crippen LogP contribution is 2.24. The lowest BCUT2D eigenvalue weighted by Crippen LogP contribution is -2.02.